The van der Waals surface area contributed by atoms with Crippen LogP contribution in [0.2, 0.25) is 0 Å². The van der Waals surface area contributed by atoms with Crippen molar-refractivity contribution >= 4 is 5.91 Å². The van der Waals surface area contributed by atoms with Gasteiger partial charge in [0.25, 0.3) is 0 Å². The Hall–Kier alpha value is -0.610. The molecule has 0 aromatic heterocycles. The number of rotatable bonds is 12. The molecule has 0 bridgehead atoms. The van der Waals surface area contributed by atoms with Gasteiger partial charge in [-0.3, -0.25) is 4.79 Å². The number of methoxy groups -OCH3 is 1. The third-order valence-corrected chi connectivity index (χ3v) is 3.27. The number of hydrogen-bond donors (Lipinski definition) is 2. The van der Waals surface area contributed by atoms with Crippen LogP contribution in [-0.4, -0.2) is 36.9 Å². The van der Waals surface area contributed by atoms with Crippen LogP contribution < -0.4 is 5.32 Å². The molecule has 0 rings (SSSR count). The van der Waals surface area contributed by atoms with Crippen LogP contribution in [0.15, 0.2) is 0 Å². The van der Waals surface area contributed by atoms with Gasteiger partial charge in [0.15, 0.2) is 0 Å². The standard InChI is InChI=1S/C15H31NO3/c1-4-5-6-7-8-9-10-14(17)16-13-15(2,18)11-12-19-3/h18H,4-13H2,1-3H3,(H,16,17). The Labute approximate surface area is 117 Å². The lowest BCUT2D eigenvalue weighted by Gasteiger charge is -2.23. The summed E-state index contributed by atoms with van der Waals surface area (Å²) in [6, 6.07) is 0. The highest BCUT2D eigenvalue weighted by Crippen LogP contribution is 2.09. The zero-order valence-corrected chi connectivity index (χ0v) is 12.8. The molecular formula is C15H31NO3. The number of aliphatic hydroxyl groups is 1. The van der Waals surface area contributed by atoms with Crippen LogP contribution in [0.4, 0.5) is 0 Å². The number of nitrogens with one attached hydrogen (secondary N) is 1. The Kier molecular flexibility index (Phi) is 10.9. The molecule has 0 saturated heterocycles. The number of ether oxygens (including phenoxy) is 1. The van der Waals surface area contributed by atoms with Gasteiger partial charge in [0, 0.05) is 33.1 Å². The van der Waals surface area contributed by atoms with Crippen molar-refractivity contribution in [3.05, 3.63) is 0 Å². The smallest absolute Gasteiger partial charge is 0.220 e. The SMILES string of the molecule is CCCCCCCCC(=O)NCC(C)(O)CCOC. The molecule has 0 radical (unpaired) electrons. The van der Waals surface area contributed by atoms with E-state index in [1.165, 1.54) is 25.7 Å². The second-order valence-electron chi connectivity index (χ2n) is 5.53. The Balaban J connectivity index is 3.53. The van der Waals surface area contributed by atoms with Gasteiger partial charge in [0.05, 0.1) is 5.60 Å². The van der Waals surface area contributed by atoms with E-state index in [0.29, 0.717) is 26.0 Å². The molecule has 0 fully saturated rings. The molecule has 0 aliphatic heterocycles. The van der Waals surface area contributed by atoms with Crippen LogP contribution in [-0.2, 0) is 9.53 Å². The van der Waals surface area contributed by atoms with E-state index in [-0.39, 0.29) is 5.91 Å². The molecule has 1 atom stereocenters. The Morgan fingerprint density at radius 2 is 1.84 bits per heavy atom. The molecule has 1 amide bonds. The van der Waals surface area contributed by atoms with Crippen molar-refractivity contribution in [3.8, 4) is 0 Å². The van der Waals surface area contributed by atoms with E-state index in [2.05, 4.69) is 12.2 Å². The lowest BCUT2D eigenvalue weighted by atomic mass is 10.0. The van der Waals surface area contributed by atoms with E-state index in [0.717, 1.165) is 12.8 Å². The summed E-state index contributed by atoms with van der Waals surface area (Å²) in [6.45, 7) is 4.71. The molecule has 19 heavy (non-hydrogen) atoms. The van der Waals surface area contributed by atoms with Crippen LogP contribution in [0, 0.1) is 0 Å². The van der Waals surface area contributed by atoms with E-state index >= 15 is 0 Å². The summed E-state index contributed by atoms with van der Waals surface area (Å²) in [5, 5.41) is 12.8. The first-order valence-corrected chi connectivity index (χ1v) is 7.50. The third kappa shape index (κ3) is 12.2. The summed E-state index contributed by atoms with van der Waals surface area (Å²) >= 11 is 0. The van der Waals surface area contributed by atoms with Gasteiger partial charge in [-0.15, -0.1) is 0 Å². The molecule has 2 N–H and O–H groups in total. The molecule has 4 nitrogen and oxygen atoms in total. The first-order valence-electron chi connectivity index (χ1n) is 7.50. The van der Waals surface area contributed by atoms with Gasteiger partial charge in [-0.1, -0.05) is 39.0 Å². The molecule has 0 aromatic rings. The Morgan fingerprint density at radius 3 is 2.47 bits per heavy atom. The molecule has 0 saturated carbocycles. The van der Waals surface area contributed by atoms with Crippen molar-refractivity contribution in [2.75, 3.05) is 20.3 Å². The zero-order chi connectivity index (χ0) is 14.6. The van der Waals surface area contributed by atoms with Crippen LogP contribution in [0.25, 0.3) is 0 Å². The number of carbonyl (C=O) groups excluding carboxylic acids is 1. The summed E-state index contributed by atoms with van der Waals surface area (Å²) in [5.41, 5.74) is -0.882. The van der Waals surface area contributed by atoms with E-state index in [9.17, 15) is 9.90 Å². The highest BCUT2D eigenvalue weighted by atomic mass is 16.5. The average Bonchev–Trinajstić information content (AvgIpc) is 2.38. The topological polar surface area (TPSA) is 58.6 Å². The quantitative estimate of drug-likeness (QED) is 0.537. The number of hydrogen-bond acceptors (Lipinski definition) is 3. The second kappa shape index (κ2) is 11.2. The lowest BCUT2D eigenvalue weighted by molar-refractivity contribution is -0.122. The molecule has 1 unspecified atom stereocenters. The second-order valence-corrected chi connectivity index (χ2v) is 5.53. The van der Waals surface area contributed by atoms with Gasteiger partial charge in [0.2, 0.25) is 5.91 Å². The fourth-order valence-electron chi connectivity index (χ4n) is 1.85. The Bertz CT molecular complexity index is 229. The van der Waals surface area contributed by atoms with Crippen LogP contribution in [0.3, 0.4) is 0 Å². The van der Waals surface area contributed by atoms with E-state index in [1.807, 2.05) is 0 Å². The first-order chi connectivity index (χ1) is 9.02. The average molecular weight is 273 g/mol. The van der Waals surface area contributed by atoms with E-state index in [4.69, 9.17) is 4.74 Å². The predicted molar refractivity (Wildman–Crippen MR) is 78.1 cm³/mol. The fraction of sp³-hybridized carbons (Fsp3) is 0.933. The molecule has 4 heteroatoms. The van der Waals surface area contributed by atoms with E-state index in [1.54, 1.807) is 14.0 Å². The monoisotopic (exact) mass is 273 g/mol. The predicted octanol–water partition coefficient (Wildman–Crippen LogP) is 2.64. The van der Waals surface area contributed by atoms with Crippen molar-refractivity contribution in [2.45, 2.75) is 70.8 Å². The summed E-state index contributed by atoms with van der Waals surface area (Å²) < 4.78 is 4.92. The minimum atomic E-state index is -0.882. The van der Waals surface area contributed by atoms with Crippen LogP contribution >= 0.6 is 0 Å². The molecule has 0 aliphatic carbocycles. The highest BCUT2D eigenvalue weighted by Gasteiger charge is 2.20. The van der Waals surface area contributed by atoms with Crippen molar-refractivity contribution in [2.24, 2.45) is 0 Å². The molecule has 0 aliphatic rings. The molecule has 0 spiro atoms. The first kappa shape index (κ1) is 18.4. The van der Waals surface area contributed by atoms with Gasteiger partial charge in [-0.05, 0) is 13.3 Å². The van der Waals surface area contributed by atoms with Gasteiger partial charge in [-0.25, -0.2) is 0 Å². The molecule has 0 aromatic carbocycles. The van der Waals surface area contributed by atoms with Gasteiger partial charge in [0.1, 0.15) is 0 Å². The van der Waals surface area contributed by atoms with Crippen LogP contribution in [0.5, 0.6) is 0 Å². The summed E-state index contributed by atoms with van der Waals surface area (Å²) in [5.74, 6) is 0.0354. The number of amides is 1. The van der Waals surface area contributed by atoms with Crippen molar-refractivity contribution in [1.29, 1.82) is 0 Å². The van der Waals surface area contributed by atoms with Gasteiger partial charge < -0.3 is 15.2 Å². The van der Waals surface area contributed by atoms with Gasteiger partial charge in [-0.2, -0.15) is 0 Å². The van der Waals surface area contributed by atoms with Crippen LogP contribution in [0.1, 0.15) is 65.2 Å². The minimum absolute atomic E-state index is 0.0354. The largest absolute Gasteiger partial charge is 0.388 e. The Morgan fingerprint density at radius 1 is 1.21 bits per heavy atom. The minimum Gasteiger partial charge on any atom is -0.388 e. The molecule has 114 valence electrons. The van der Waals surface area contributed by atoms with Crippen molar-refractivity contribution in [3.63, 3.8) is 0 Å². The number of unbranched alkanes of at least 4 members (excludes halogenated alkanes) is 5. The zero-order valence-electron chi connectivity index (χ0n) is 12.8. The van der Waals surface area contributed by atoms with Crippen molar-refractivity contribution < 1.29 is 14.6 Å². The van der Waals surface area contributed by atoms with Gasteiger partial charge >= 0.3 is 0 Å². The van der Waals surface area contributed by atoms with Crippen molar-refractivity contribution in [1.82, 2.24) is 5.32 Å². The summed E-state index contributed by atoms with van der Waals surface area (Å²) in [6.07, 6.45) is 8.17. The molecule has 0 heterocycles. The normalized spacial score (nSPS) is 14.1. The lowest BCUT2D eigenvalue weighted by Crippen LogP contribution is -2.41. The maximum absolute atomic E-state index is 11.6. The highest BCUT2D eigenvalue weighted by molar-refractivity contribution is 5.75. The maximum atomic E-state index is 11.6. The summed E-state index contributed by atoms with van der Waals surface area (Å²) in [7, 11) is 1.60. The van der Waals surface area contributed by atoms with E-state index < -0.39 is 5.60 Å². The summed E-state index contributed by atoms with van der Waals surface area (Å²) in [4.78, 5) is 11.6. The fourth-order valence-corrected chi connectivity index (χ4v) is 1.85. The maximum Gasteiger partial charge on any atom is 0.220 e. The third-order valence-electron chi connectivity index (χ3n) is 3.27. The molecular weight excluding hydrogens is 242 g/mol. The number of carbonyl (C=O) groups is 1.